The zero-order chi connectivity index (χ0) is 17.9. The highest BCUT2D eigenvalue weighted by Crippen LogP contribution is 2.15. The SMILES string of the molecule is C=CC(=O)NCCCCOc1ccc(C(=O)Oc2ccccc2)cc1. The summed E-state index contributed by atoms with van der Waals surface area (Å²) in [6.45, 7) is 4.52. The van der Waals surface area contributed by atoms with Crippen LogP contribution in [-0.4, -0.2) is 25.0 Å². The number of unbranched alkanes of at least 4 members (excludes halogenated alkanes) is 1. The average molecular weight is 339 g/mol. The molecule has 130 valence electrons. The third-order valence-corrected chi connectivity index (χ3v) is 3.37. The van der Waals surface area contributed by atoms with E-state index in [4.69, 9.17) is 9.47 Å². The number of carbonyl (C=O) groups excluding carboxylic acids is 2. The van der Waals surface area contributed by atoms with E-state index in [-0.39, 0.29) is 5.91 Å². The molecule has 5 heteroatoms. The Kier molecular flexibility index (Phi) is 7.25. The minimum atomic E-state index is -0.407. The number of rotatable bonds is 9. The van der Waals surface area contributed by atoms with Gasteiger partial charge in [-0.3, -0.25) is 4.79 Å². The first-order valence-corrected chi connectivity index (χ1v) is 8.09. The van der Waals surface area contributed by atoms with E-state index in [1.807, 2.05) is 18.2 Å². The van der Waals surface area contributed by atoms with Crippen LogP contribution in [0.3, 0.4) is 0 Å². The molecule has 25 heavy (non-hydrogen) atoms. The topological polar surface area (TPSA) is 64.6 Å². The molecule has 0 saturated heterocycles. The van der Waals surface area contributed by atoms with Gasteiger partial charge in [-0.2, -0.15) is 0 Å². The zero-order valence-electron chi connectivity index (χ0n) is 13.9. The first-order valence-electron chi connectivity index (χ1n) is 8.09. The molecule has 1 amide bonds. The maximum absolute atomic E-state index is 12.0. The van der Waals surface area contributed by atoms with Gasteiger partial charge in [0.15, 0.2) is 0 Å². The van der Waals surface area contributed by atoms with E-state index in [9.17, 15) is 9.59 Å². The predicted octanol–water partition coefficient (Wildman–Crippen LogP) is 3.37. The number of benzene rings is 2. The van der Waals surface area contributed by atoms with Gasteiger partial charge < -0.3 is 14.8 Å². The van der Waals surface area contributed by atoms with Crippen LogP contribution in [0.25, 0.3) is 0 Å². The Morgan fingerprint density at radius 3 is 2.36 bits per heavy atom. The van der Waals surface area contributed by atoms with Gasteiger partial charge in [0.2, 0.25) is 5.91 Å². The molecule has 0 radical (unpaired) electrons. The van der Waals surface area contributed by atoms with Gasteiger partial charge in [0.1, 0.15) is 11.5 Å². The molecular weight excluding hydrogens is 318 g/mol. The number of hydrogen-bond acceptors (Lipinski definition) is 4. The highest BCUT2D eigenvalue weighted by atomic mass is 16.5. The maximum atomic E-state index is 12.0. The van der Waals surface area contributed by atoms with Crippen molar-refractivity contribution in [3.05, 3.63) is 72.8 Å². The van der Waals surface area contributed by atoms with Gasteiger partial charge in [-0.05, 0) is 55.3 Å². The molecule has 0 spiro atoms. The molecule has 0 saturated carbocycles. The summed E-state index contributed by atoms with van der Waals surface area (Å²) in [5, 5.41) is 2.71. The van der Waals surface area contributed by atoms with Crippen molar-refractivity contribution in [2.24, 2.45) is 0 Å². The molecule has 0 aliphatic heterocycles. The lowest BCUT2D eigenvalue weighted by Crippen LogP contribution is -2.22. The third kappa shape index (κ3) is 6.51. The van der Waals surface area contributed by atoms with Crippen LogP contribution < -0.4 is 14.8 Å². The Morgan fingerprint density at radius 2 is 1.68 bits per heavy atom. The van der Waals surface area contributed by atoms with Gasteiger partial charge in [-0.25, -0.2) is 4.79 Å². The molecule has 0 atom stereocenters. The normalized spacial score (nSPS) is 9.92. The minimum absolute atomic E-state index is 0.168. The number of ether oxygens (including phenoxy) is 2. The van der Waals surface area contributed by atoms with E-state index in [2.05, 4.69) is 11.9 Å². The van der Waals surface area contributed by atoms with Crippen LogP contribution >= 0.6 is 0 Å². The molecule has 0 unspecified atom stereocenters. The molecule has 5 nitrogen and oxygen atoms in total. The van der Waals surface area contributed by atoms with Crippen LogP contribution in [0.5, 0.6) is 11.5 Å². The third-order valence-electron chi connectivity index (χ3n) is 3.37. The largest absolute Gasteiger partial charge is 0.494 e. The van der Waals surface area contributed by atoms with E-state index in [1.165, 1.54) is 6.08 Å². The highest BCUT2D eigenvalue weighted by molar-refractivity contribution is 5.91. The Bertz CT molecular complexity index is 695. The fraction of sp³-hybridized carbons (Fsp3) is 0.200. The second kappa shape index (κ2) is 9.93. The van der Waals surface area contributed by atoms with Crippen LogP contribution in [-0.2, 0) is 4.79 Å². The minimum Gasteiger partial charge on any atom is -0.494 e. The summed E-state index contributed by atoms with van der Waals surface area (Å²) >= 11 is 0. The lowest BCUT2D eigenvalue weighted by atomic mass is 10.2. The summed E-state index contributed by atoms with van der Waals surface area (Å²) in [7, 11) is 0. The Hall–Kier alpha value is -3.08. The number of hydrogen-bond donors (Lipinski definition) is 1. The monoisotopic (exact) mass is 339 g/mol. The first-order chi connectivity index (χ1) is 12.2. The molecule has 2 rings (SSSR count). The van der Waals surface area contributed by atoms with E-state index < -0.39 is 5.97 Å². The first kappa shape index (κ1) is 18.3. The van der Waals surface area contributed by atoms with Gasteiger partial charge >= 0.3 is 5.97 Å². The standard InChI is InChI=1S/C20H21NO4/c1-2-19(22)21-14-6-7-15-24-17-12-10-16(11-13-17)20(23)25-18-8-4-3-5-9-18/h2-5,8-13H,1,6-7,14-15H2,(H,21,22). The molecule has 0 fully saturated rings. The van der Waals surface area contributed by atoms with E-state index >= 15 is 0 Å². The summed E-state index contributed by atoms with van der Waals surface area (Å²) in [5.74, 6) is 0.623. The highest BCUT2D eigenvalue weighted by Gasteiger charge is 2.08. The smallest absolute Gasteiger partial charge is 0.343 e. The fourth-order valence-electron chi connectivity index (χ4n) is 2.04. The van der Waals surface area contributed by atoms with Gasteiger partial charge in [0, 0.05) is 6.54 Å². The van der Waals surface area contributed by atoms with Crippen molar-refractivity contribution in [2.75, 3.05) is 13.2 Å². The maximum Gasteiger partial charge on any atom is 0.343 e. The molecule has 0 bridgehead atoms. The number of para-hydroxylation sites is 1. The van der Waals surface area contributed by atoms with Crippen molar-refractivity contribution < 1.29 is 19.1 Å². The molecule has 0 aromatic heterocycles. The molecule has 2 aromatic rings. The number of amides is 1. The van der Waals surface area contributed by atoms with Crippen molar-refractivity contribution in [3.8, 4) is 11.5 Å². The van der Waals surface area contributed by atoms with Crippen LogP contribution in [0.2, 0.25) is 0 Å². The lowest BCUT2D eigenvalue weighted by Gasteiger charge is -2.08. The van der Waals surface area contributed by atoms with Crippen molar-refractivity contribution in [1.82, 2.24) is 5.32 Å². The fourth-order valence-corrected chi connectivity index (χ4v) is 2.04. The van der Waals surface area contributed by atoms with Crippen LogP contribution in [0.4, 0.5) is 0 Å². The molecule has 2 aromatic carbocycles. The predicted molar refractivity (Wildman–Crippen MR) is 95.8 cm³/mol. The molecule has 0 aliphatic rings. The molecule has 0 heterocycles. The van der Waals surface area contributed by atoms with Crippen LogP contribution in [0.15, 0.2) is 67.3 Å². The Labute approximate surface area is 147 Å². The van der Waals surface area contributed by atoms with Gasteiger partial charge in [0.05, 0.1) is 12.2 Å². The van der Waals surface area contributed by atoms with Gasteiger partial charge in [-0.1, -0.05) is 24.8 Å². The van der Waals surface area contributed by atoms with E-state index in [1.54, 1.807) is 36.4 Å². The van der Waals surface area contributed by atoms with Crippen molar-refractivity contribution >= 4 is 11.9 Å². The summed E-state index contributed by atoms with van der Waals surface area (Å²) in [6.07, 6.45) is 2.89. The molecule has 0 aliphatic carbocycles. The quantitative estimate of drug-likeness (QED) is 0.329. The summed E-state index contributed by atoms with van der Waals surface area (Å²) in [4.78, 5) is 23.0. The van der Waals surface area contributed by atoms with Crippen LogP contribution in [0, 0.1) is 0 Å². The van der Waals surface area contributed by atoms with E-state index in [0.29, 0.717) is 30.2 Å². The summed E-state index contributed by atoms with van der Waals surface area (Å²) < 4.78 is 10.9. The lowest BCUT2D eigenvalue weighted by molar-refractivity contribution is -0.116. The number of nitrogens with one attached hydrogen (secondary N) is 1. The second-order valence-electron chi connectivity index (χ2n) is 5.28. The second-order valence-corrected chi connectivity index (χ2v) is 5.28. The van der Waals surface area contributed by atoms with Gasteiger partial charge in [0.25, 0.3) is 0 Å². The summed E-state index contributed by atoms with van der Waals surface area (Å²) in [6, 6.07) is 15.7. The Morgan fingerprint density at radius 1 is 0.960 bits per heavy atom. The average Bonchev–Trinajstić information content (AvgIpc) is 2.65. The van der Waals surface area contributed by atoms with Crippen LogP contribution in [0.1, 0.15) is 23.2 Å². The van der Waals surface area contributed by atoms with Crippen molar-refractivity contribution in [3.63, 3.8) is 0 Å². The number of esters is 1. The Balaban J connectivity index is 1.71. The summed E-state index contributed by atoms with van der Waals surface area (Å²) in [5.41, 5.74) is 0.461. The zero-order valence-corrected chi connectivity index (χ0v) is 13.9. The van der Waals surface area contributed by atoms with E-state index in [0.717, 1.165) is 12.8 Å². The van der Waals surface area contributed by atoms with Gasteiger partial charge in [-0.15, -0.1) is 0 Å². The van der Waals surface area contributed by atoms with Crippen molar-refractivity contribution in [1.29, 1.82) is 0 Å². The van der Waals surface area contributed by atoms with Crippen molar-refractivity contribution in [2.45, 2.75) is 12.8 Å². The molecule has 1 N–H and O–H groups in total. The number of carbonyl (C=O) groups is 2. The molecular formula is C20H21NO4.